The van der Waals surface area contributed by atoms with Crippen LogP contribution in [-0.2, 0) is 27.2 Å². The first-order valence-electron chi connectivity index (χ1n) is 4.74. The molecular weight excluding hydrogens is 262 g/mol. The highest BCUT2D eigenvalue weighted by Gasteiger charge is 2.38. The molecule has 1 rings (SSSR count). The molecule has 2 unspecified atom stereocenters. The average molecular weight is 276 g/mol. The monoisotopic (exact) mass is 276 g/mol. The van der Waals surface area contributed by atoms with Crippen LogP contribution in [0.25, 0.3) is 0 Å². The van der Waals surface area contributed by atoms with Gasteiger partial charge in [0.2, 0.25) is 0 Å². The van der Waals surface area contributed by atoms with Gasteiger partial charge in [-0.25, -0.2) is 14.4 Å². The standard InChI is InChI=1S/C6H14O8P2/c7-13-16(10)12-6-4-2-1-3-5-11-15(8,9)14-16/h7H,1-6H2,(H,8,9). The predicted molar refractivity (Wildman–Crippen MR) is 52.6 cm³/mol. The third-order valence-electron chi connectivity index (χ3n) is 1.85. The van der Waals surface area contributed by atoms with Gasteiger partial charge in [-0.15, -0.1) is 4.67 Å². The lowest BCUT2D eigenvalue weighted by molar-refractivity contribution is -0.161. The Morgan fingerprint density at radius 2 is 1.56 bits per heavy atom. The Morgan fingerprint density at radius 1 is 1.00 bits per heavy atom. The van der Waals surface area contributed by atoms with Crippen molar-refractivity contribution in [1.29, 1.82) is 0 Å². The second-order valence-corrected chi connectivity index (χ2v) is 6.32. The molecule has 1 fully saturated rings. The maximum Gasteiger partial charge on any atom is 0.510 e. The SMILES string of the molecule is O=P1(O)OCCCCCCOP(=O)(OO)O1. The summed E-state index contributed by atoms with van der Waals surface area (Å²) >= 11 is 0. The third kappa shape index (κ3) is 5.03. The molecule has 0 spiro atoms. The number of hydrogen-bond acceptors (Lipinski definition) is 7. The molecule has 1 saturated heterocycles. The fraction of sp³-hybridized carbons (Fsp3) is 1.00. The fourth-order valence-electron chi connectivity index (χ4n) is 1.13. The van der Waals surface area contributed by atoms with E-state index in [1.807, 2.05) is 0 Å². The molecule has 0 aromatic rings. The van der Waals surface area contributed by atoms with Crippen LogP contribution in [0.1, 0.15) is 25.7 Å². The summed E-state index contributed by atoms with van der Waals surface area (Å²) in [7, 11) is -8.97. The van der Waals surface area contributed by atoms with Crippen molar-refractivity contribution >= 4 is 15.6 Å². The lowest BCUT2D eigenvalue weighted by atomic mass is 10.2. The van der Waals surface area contributed by atoms with Gasteiger partial charge in [0.25, 0.3) is 0 Å². The van der Waals surface area contributed by atoms with Crippen molar-refractivity contribution in [2.45, 2.75) is 25.7 Å². The third-order valence-corrected chi connectivity index (χ3v) is 4.68. The molecule has 1 aliphatic heterocycles. The van der Waals surface area contributed by atoms with Crippen LogP contribution in [0.15, 0.2) is 0 Å². The number of hydrogen-bond donors (Lipinski definition) is 2. The highest BCUT2D eigenvalue weighted by Crippen LogP contribution is 2.63. The second kappa shape index (κ2) is 6.23. The van der Waals surface area contributed by atoms with Crippen molar-refractivity contribution in [3.63, 3.8) is 0 Å². The Bertz CT molecular complexity index is 305. The van der Waals surface area contributed by atoms with Gasteiger partial charge in [0.05, 0.1) is 13.2 Å². The van der Waals surface area contributed by atoms with E-state index in [4.69, 9.17) is 10.2 Å². The highest BCUT2D eigenvalue weighted by atomic mass is 31.3. The van der Waals surface area contributed by atoms with Gasteiger partial charge in [-0.3, -0.25) is 9.05 Å². The molecule has 2 atom stereocenters. The molecule has 0 aliphatic carbocycles. The van der Waals surface area contributed by atoms with E-state index in [1.165, 1.54) is 0 Å². The number of rotatable bonds is 1. The molecule has 96 valence electrons. The molecule has 0 aromatic heterocycles. The molecule has 2 N–H and O–H groups in total. The van der Waals surface area contributed by atoms with E-state index in [0.717, 1.165) is 12.8 Å². The van der Waals surface area contributed by atoms with Crippen LogP contribution >= 0.6 is 15.6 Å². The molecule has 10 heteroatoms. The van der Waals surface area contributed by atoms with Crippen LogP contribution in [-0.4, -0.2) is 23.4 Å². The zero-order valence-electron chi connectivity index (χ0n) is 8.48. The van der Waals surface area contributed by atoms with Crippen LogP contribution < -0.4 is 0 Å². The van der Waals surface area contributed by atoms with Gasteiger partial charge in [0.15, 0.2) is 0 Å². The van der Waals surface area contributed by atoms with Crippen LogP contribution in [0.5, 0.6) is 0 Å². The lowest BCUT2D eigenvalue weighted by Gasteiger charge is -2.16. The molecule has 0 bridgehead atoms. The van der Waals surface area contributed by atoms with Crippen molar-refractivity contribution in [2.75, 3.05) is 13.2 Å². The molecule has 0 aromatic carbocycles. The summed E-state index contributed by atoms with van der Waals surface area (Å²) in [6.07, 6.45) is 2.72. The minimum Gasteiger partial charge on any atom is -0.302 e. The van der Waals surface area contributed by atoms with Crippen molar-refractivity contribution in [1.82, 2.24) is 0 Å². The minimum absolute atomic E-state index is 0.000787. The Labute approximate surface area is 92.6 Å². The van der Waals surface area contributed by atoms with Crippen LogP contribution in [0, 0.1) is 0 Å². The van der Waals surface area contributed by atoms with Crippen molar-refractivity contribution < 1.29 is 37.3 Å². The Morgan fingerprint density at radius 3 is 2.12 bits per heavy atom. The van der Waals surface area contributed by atoms with Gasteiger partial charge in [-0.1, -0.05) is 12.8 Å². The van der Waals surface area contributed by atoms with E-state index in [-0.39, 0.29) is 13.2 Å². The molecule has 8 nitrogen and oxygen atoms in total. The summed E-state index contributed by atoms with van der Waals surface area (Å²) in [5, 5.41) is 8.33. The first-order chi connectivity index (χ1) is 7.47. The smallest absolute Gasteiger partial charge is 0.302 e. The zero-order chi connectivity index (χ0) is 12.1. The van der Waals surface area contributed by atoms with Gasteiger partial charge < -0.3 is 4.89 Å². The van der Waals surface area contributed by atoms with Crippen LogP contribution in [0.2, 0.25) is 0 Å². The summed E-state index contributed by atoms with van der Waals surface area (Å²) in [6, 6.07) is 0. The summed E-state index contributed by atoms with van der Waals surface area (Å²) < 4.78 is 39.4. The predicted octanol–water partition coefficient (Wildman–Crippen LogP) is 2.31. The molecular formula is C6H14O8P2. The largest absolute Gasteiger partial charge is 0.510 e. The van der Waals surface area contributed by atoms with Crippen LogP contribution in [0.4, 0.5) is 0 Å². The van der Waals surface area contributed by atoms with Gasteiger partial charge in [0.1, 0.15) is 0 Å². The molecule has 0 radical (unpaired) electrons. The maximum absolute atomic E-state index is 11.4. The zero-order valence-corrected chi connectivity index (χ0v) is 10.3. The first-order valence-corrected chi connectivity index (χ1v) is 7.69. The summed E-state index contributed by atoms with van der Waals surface area (Å²) in [5.74, 6) is 0. The normalized spacial score (nSPS) is 38.9. The summed E-state index contributed by atoms with van der Waals surface area (Å²) in [6.45, 7) is -0.00293. The summed E-state index contributed by atoms with van der Waals surface area (Å²) in [4.78, 5) is 9.12. The molecule has 0 saturated carbocycles. The Hall–Kier alpha value is 0.220. The fourth-order valence-corrected chi connectivity index (χ4v) is 3.39. The first kappa shape index (κ1) is 14.3. The van der Waals surface area contributed by atoms with Gasteiger partial charge in [0, 0.05) is 0 Å². The minimum atomic E-state index is -4.54. The number of phosphoric acid groups is 2. The van der Waals surface area contributed by atoms with Crippen molar-refractivity contribution in [3.05, 3.63) is 0 Å². The van der Waals surface area contributed by atoms with Crippen molar-refractivity contribution in [3.8, 4) is 0 Å². The lowest BCUT2D eigenvalue weighted by Crippen LogP contribution is -2.00. The second-order valence-electron chi connectivity index (χ2n) is 3.16. The van der Waals surface area contributed by atoms with E-state index >= 15 is 0 Å². The molecule has 1 heterocycles. The van der Waals surface area contributed by atoms with E-state index in [1.54, 1.807) is 0 Å². The Balaban J connectivity index is 2.70. The molecule has 16 heavy (non-hydrogen) atoms. The van der Waals surface area contributed by atoms with E-state index in [9.17, 15) is 9.13 Å². The number of phosphoric ester groups is 1. The van der Waals surface area contributed by atoms with Gasteiger partial charge in [-0.05, 0) is 12.8 Å². The van der Waals surface area contributed by atoms with E-state index in [0.29, 0.717) is 12.8 Å². The van der Waals surface area contributed by atoms with Crippen LogP contribution in [0.3, 0.4) is 0 Å². The van der Waals surface area contributed by atoms with Gasteiger partial charge in [-0.2, -0.15) is 4.31 Å². The van der Waals surface area contributed by atoms with E-state index < -0.39 is 15.6 Å². The van der Waals surface area contributed by atoms with Crippen molar-refractivity contribution in [2.24, 2.45) is 0 Å². The summed E-state index contributed by atoms with van der Waals surface area (Å²) in [5.41, 5.74) is 0. The quantitative estimate of drug-likeness (QED) is 0.426. The topological polar surface area (TPSA) is 112 Å². The molecule has 0 amide bonds. The molecule has 1 aliphatic rings. The van der Waals surface area contributed by atoms with Gasteiger partial charge >= 0.3 is 15.6 Å². The van der Waals surface area contributed by atoms with E-state index in [2.05, 4.69) is 18.0 Å². The highest BCUT2D eigenvalue weighted by molar-refractivity contribution is 7.61. The Kier molecular flexibility index (Phi) is 5.56. The maximum atomic E-state index is 11.4. The average Bonchev–Trinajstić information content (AvgIpc) is 2.23.